The summed E-state index contributed by atoms with van der Waals surface area (Å²) in [6.45, 7) is 8.95. The molecular formula is C22H23BrN4O2. The van der Waals surface area contributed by atoms with Crippen molar-refractivity contribution in [2.24, 2.45) is 5.41 Å². The molecule has 0 aliphatic heterocycles. The number of fused-ring (bicyclic) bond motifs is 2. The van der Waals surface area contributed by atoms with Gasteiger partial charge in [0, 0.05) is 17.5 Å². The minimum atomic E-state index is -0.711. The van der Waals surface area contributed by atoms with Gasteiger partial charge in [-0.2, -0.15) is 0 Å². The Bertz CT molecular complexity index is 1190. The largest absolute Gasteiger partial charge is 0.437 e. The second-order valence-electron chi connectivity index (χ2n) is 8.41. The van der Waals surface area contributed by atoms with E-state index >= 15 is 0 Å². The van der Waals surface area contributed by atoms with Gasteiger partial charge in [0.25, 0.3) is 0 Å². The first kappa shape index (κ1) is 19.8. The van der Waals surface area contributed by atoms with Gasteiger partial charge in [-0.3, -0.25) is 0 Å². The molecule has 4 aromatic rings. The molecule has 0 radical (unpaired) electrons. The Morgan fingerprint density at radius 1 is 1.17 bits per heavy atom. The van der Waals surface area contributed by atoms with Gasteiger partial charge in [0.15, 0.2) is 0 Å². The van der Waals surface area contributed by atoms with Crippen LogP contribution in [-0.2, 0) is 6.54 Å². The van der Waals surface area contributed by atoms with E-state index in [0.717, 1.165) is 28.5 Å². The van der Waals surface area contributed by atoms with Crippen molar-refractivity contribution < 1.29 is 9.84 Å². The van der Waals surface area contributed by atoms with Crippen LogP contribution < -0.4 is 4.74 Å². The first-order valence-electron chi connectivity index (χ1n) is 9.50. The Hall–Kier alpha value is -2.51. The fourth-order valence-electron chi connectivity index (χ4n) is 3.23. The van der Waals surface area contributed by atoms with E-state index in [-0.39, 0.29) is 5.41 Å². The van der Waals surface area contributed by atoms with E-state index in [1.165, 1.54) is 0 Å². The number of pyridine rings is 1. The van der Waals surface area contributed by atoms with Crippen molar-refractivity contribution >= 4 is 37.9 Å². The molecule has 2 heterocycles. The average molecular weight is 455 g/mol. The lowest BCUT2D eigenvalue weighted by Gasteiger charge is -2.18. The lowest BCUT2D eigenvalue weighted by atomic mass is 9.97. The van der Waals surface area contributed by atoms with Crippen molar-refractivity contribution in [1.29, 1.82) is 0 Å². The van der Waals surface area contributed by atoms with Gasteiger partial charge in [0.2, 0.25) is 5.88 Å². The van der Waals surface area contributed by atoms with Gasteiger partial charge in [-0.25, -0.2) is 9.67 Å². The molecule has 4 rings (SSSR count). The van der Waals surface area contributed by atoms with Crippen LogP contribution in [0.2, 0.25) is 0 Å². The number of hydrogen-bond donors (Lipinski definition) is 1. The summed E-state index contributed by atoms with van der Waals surface area (Å²) in [5.41, 5.74) is 3.18. The summed E-state index contributed by atoms with van der Waals surface area (Å²) in [5.74, 6) is 0.950. The maximum absolute atomic E-state index is 10.2. The predicted molar refractivity (Wildman–Crippen MR) is 117 cm³/mol. The van der Waals surface area contributed by atoms with Crippen LogP contribution in [0.5, 0.6) is 11.6 Å². The minimum Gasteiger partial charge on any atom is -0.437 e. The summed E-state index contributed by atoms with van der Waals surface area (Å²) in [5, 5.41) is 19.8. The van der Waals surface area contributed by atoms with Gasteiger partial charge in [-0.1, -0.05) is 44.2 Å². The van der Waals surface area contributed by atoms with Crippen molar-refractivity contribution in [3.8, 4) is 11.6 Å². The van der Waals surface area contributed by atoms with E-state index in [1.807, 2.05) is 47.1 Å². The zero-order chi connectivity index (χ0) is 20.8. The molecule has 0 saturated carbocycles. The topological polar surface area (TPSA) is 73.1 Å². The number of aliphatic hydroxyl groups is 1. The van der Waals surface area contributed by atoms with Gasteiger partial charge >= 0.3 is 0 Å². The quantitative estimate of drug-likeness (QED) is 0.432. The van der Waals surface area contributed by atoms with Crippen molar-refractivity contribution in [2.45, 2.75) is 40.3 Å². The van der Waals surface area contributed by atoms with Crippen LogP contribution in [0.4, 0.5) is 0 Å². The van der Waals surface area contributed by atoms with Gasteiger partial charge in [0.1, 0.15) is 11.3 Å². The van der Waals surface area contributed by atoms with E-state index in [9.17, 15) is 5.11 Å². The third-order valence-electron chi connectivity index (χ3n) is 4.59. The van der Waals surface area contributed by atoms with Crippen LogP contribution in [-0.4, -0.2) is 25.1 Å². The molecule has 7 heteroatoms. The van der Waals surface area contributed by atoms with Gasteiger partial charge in [0.05, 0.1) is 21.6 Å². The number of aliphatic hydroxyl groups excluding tert-OH is 1. The third kappa shape index (κ3) is 3.97. The summed E-state index contributed by atoms with van der Waals surface area (Å²) in [7, 11) is 0. The maximum atomic E-state index is 10.2. The van der Waals surface area contributed by atoms with E-state index in [2.05, 4.69) is 52.0 Å². The van der Waals surface area contributed by atoms with Crippen LogP contribution >= 0.6 is 15.9 Å². The molecule has 0 spiro atoms. The lowest BCUT2D eigenvalue weighted by molar-refractivity contribution is 0.195. The number of aromatic nitrogens is 4. The Kier molecular flexibility index (Phi) is 5.04. The Morgan fingerprint density at radius 2 is 1.93 bits per heavy atom. The van der Waals surface area contributed by atoms with Crippen molar-refractivity contribution in [2.75, 3.05) is 0 Å². The van der Waals surface area contributed by atoms with Crippen molar-refractivity contribution in [3.63, 3.8) is 0 Å². The summed E-state index contributed by atoms with van der Waals surface area (Å²) in [6.07, 6.45) is -0.711. The molecule has 0 amide bonds. The predicted octanol–water partition coefficient (Wildman–Crippen LogP) is 5.63. The van der Waals surface area contributed by atoms with Crippen molar-refractivity contribution in [3.05, 3.63) is 52.5 Å². The van der Waals surface area contributed by atoms with E-state index in [0.29, 0.717) is 21.7 Å². The second-order valence-corrected chi connectivity index (χ2v) is 9.20. The van der Waals surface area contributed by atoms with Crippen molar-refractivity contribution in [1.82, 2.24) is 20.0 Å². The number of benzene rings is 2. The summed E-state index contributed by atoms with van der Waals surface area (Å²) in [6, 6.07) is 13.5. The van der Waals surface area contributed by atoms with Crippen LogP contribution in [0.1, 0.15) is 39.4 Å². The molecule has 0 fully saturated rings. The minimum absolute atomic E-state index is 0.0868. The number of para-hydroxylation sites is 1. The number of nitrogens with zero attached hydrogens (tertiary/aromatic N) is 4. The fraction of sp³-hybridized carbons (Fsp3) is 0.318. The Balaban J connectivity index is 1.76. The molecule has 0 saturated heterocycles. The molecule has 6 nitrogen and oxygen atoms in total. The first-order valence-corrected chi connectivity index (χ1v) is 10.3. The standard InChI is InChI=1S/C22H23BrN4O2/c1-13(28)15-11-14-7-5-6-8-16(14)24-21(15)29-18-10-9-17-20(19(18)23)25-26-27(17)12-22(2,3)4/h5-11,13,28H,12H2,1-4H3. The number of rotatable bonds is 4. The molecule has 1 atom stereocenters. The molecule has 0 bridgehead atoms. The van der Waals surface area contributed by atoms with Crippen LogP contribution in [0.3, 0.4) is 0 Å². The van der Waals surface area contributed by atoms with E-state index in [4.69, 9.17) is 4.74 Å². The summed E-state index contributed by atoms with van der Waals surface area (Å²) >= 11 is 3.61. The molecule has 2 aromatic heterocycles. The summed E-state index contributed by atoms with van der Waals surface area (Å²) in [4.78, 5) is 4.62. The molecule has 2 aromatic carbocycles. The average Bonchev–Trinajstić information content (AvgIpc) is 3.05. The first-order chi connectivity index (χ1) is 13.7. The molecule has 29 heavy (non-hydrogen) atoms. The molecule has 1 N–H and O–H groups in total. The van der Waals surface area contributed by atoms with Crippen LogP contribution in [0.25, 0.3) is 21.9 Å². The molecule has 150 valence electrons. The highest BCUT2D eigenvalue weighted by atomic mass is 79.9. The lowest BCUT2D eigenvalue weighted by Crippen LogP contribution is -2.16. The van der Waals surface area contributed by atoms with Gasteiger partial charge in [-0.05, 0) is 52.5 Å². The summed E-state index contributed by atoms with van der Waals surface area (Å²) < 4.78 is 8.74. The molecule has 1 unspecified atom stereocenters. The Morgan fingerprint density at radius 3 is 2.66 bits per heavy atom. The fourth-order valence-corrected chi connectivity index (χ4v) is 3.73. The monoisotopic (exact) mass is 454 g/mol. The second kappa shape index (κ2) is 7.39. The zero-order valence-electron chi connectivity index (χ0n) is 16.8. The SMILES string of the molecule is CC(O)c1cc2ccccc2nc1Oc1ccc2c(nnn2CC(C)(C)C)c1Br. The molecule has 0 aliphatic carbocycles. The van der Waals surface area contributed by atoms with Crippen LogP contribution in [0, 0.1) is 5.41 Å². The maximum Gasteiger partial charge on any atom is 0.225 e. The Labute approximate surface area is 177 Å². The number of halogens is 1. The normalized spacial score (nSPS) is 13.2. The van der Waals surface area contributed by atoms with Gasteiger partial charge < -0.3 is 9.84 Å². The van der Waals surface area contributed by atoms with E-state index in [1.54, 1.807) is 6.92 Å². The van der Waals surface area contributed by atoms with Gasteiger partial charge in [-0.15, -0.1) is 5.10 Å². The zero-order valence-corrected chi connectivity index (χ0v) is 18.4. The third-order valence-corrected chi connectivity index (χ3v) is 5.35. The number of ether oxygens (including phenoxy) is 1. The highest BCUT2D eigenvalue weighted by Crippen LogP contribution is 2.37. The molecular weight excluding hydrogens is 432 g/mol. The van der Waals surface area contributed by atoms with E-state index < -0.39 is 6.10 Å². The number of hydrogen-bond acceptors (Lipinski definition) is 5. The highest BCUT2D eigenvalue weighted by molar-refractivity contribution is 9.10. The molecule has 0 aliphatic rings. The highest BCUT2D eigenvalue weighted by Gasteiger charge is 2.19. The smallest absolute Gasteiger partial charge is 0.225 e. The van der Waals surface area contributed by atoms with Crippen LogP contribution in [0.15, 0.2) is 46.9 Å².